The number of hydrogen-bond acceptors (Lipinski definition) is 5. The Kier molecular flexibility index (Phi) is 5.42. The van der Waals surface area contributed by atoms with Crippen molar-refractivity contribution in [2.75, 3.05) is 25.0 Å². The summed E-state index contributed by atoms with van der Waals surface area (Å²) in [6.45, 7) is 4.29. The van der Waals surface area contributed by atoms with Gasteiger partial charge >= 0.3 is 0 Å². The molecule has 0 saturated carbocycles. The van der Waals surface area contributed by atoms with E-state index in [-0.39, 0.29) is 24.0 Å². The van der Waals surface area contributed by atoms with Crippen molar-refractivity contribution in [1.29, 1.82) is 0 Å². The summed E-state index contributed by atoms with van der Waals surface area (Å²) in [5, 5.41) is 7.33. The number of imidazole rings is 1. The fraction of sp³-hybridized carbons (Fsp3) is 0.240. The molecular weight excluding hydrogens is 421 g/mol. The number of benzene rings is 2. The Morgan fingerprint density at radius 3 is 2.64 bits per heavy atom. The molecule has 1 N–H and O–H groups in total. The number of aromatic nitrogens is 3. The highest BCUT2D eigenvalue weighted by molar-refractivity contribution is 5.99. The van der Waals surface area contributed by atoms with Gasteiger partial charge in [0.25, 0.3) is 5.91 Å². The van der Waals surface area contributed by atoms with E-state index >= 15 is 0 Å². The number of carbonyl (C=O) groups is 1. The van der Waals surface area contributed by atoms with E-state index in [4.69, 9.17) is 9.84 Å². The number of nitrogens with zero attached hydrogens (tertiary/aromatic N) is 4. The molecule has 1 aliphatic heterocycles. The first kappa shape index (κ1) is 20.9. The third-order valence-corrected chi connectivity index (χ3v) is 5.74. The highest BCUT2D eigenvalue weighted by atomic mass is 19.1. The molecule has 2 aromatic heterocycles. The Bertz CT molecular complexity index is 1320. The molecule has 33 heavy (non-hydrogen) atoms. The number of hydrogen-bond donors (Lipinski definition) is 1. The third-order valence-electron chi connectivity index (χ3n) is 5.74. The molecule has 4 aromatic rings. The Morgan fingerprint density at radius 2 is 1.94 bits per heavy atom. The van der Waals surface area contributed by atoms with Gasteiger partial charge in [-0.25, -0.2) is 13.9 Å². The summed E-state index contributed by atoms with van der Waals surface area (Å²) < 4.78 is 22.3. The molecule has 3 heterocycles. The molecule has 1 aliphatic rings. The fourth-order valence-electron chi connectivity index (χ4n) is 4.01. The summed E-state index contributed by atoms with van der Waals surface area (Å²) >= 11 is 0. The normalized spacial score (nSPS) is 13.7. The first-order valence-electron chi connectivity index (χ1n) is 10.9. The fourth-order valence-corrected chi connectivity index (χ4v) is 4.01. The molecule has 2 aromatic carbocycles. The van der Waals surface area contributed by atoms with Crippen LogP contribution in [0.5, 0.6) is 5.75 Å². The van der Waals surface area contributed by atoms with Crippen LogP contribution in [0.2, 0.25) is 0 Å². The molecule has 0 spiro atoms. The van der Waals surface area contributed by atoms with Crippen LogP contribution in [0.1, 0.15) is 23.0 Å². The van der Waals surface area contributed by atoms with Crippen LogP contribution in [0.15, 0.2) is 60.7 Å². The second-order valence-electron chi connectivity index (χ2n) is 8.28. The quantitative estimate of drug-likeness (QED) is 0.487. The lowest BCUT2D eigenvalue weighted by atomic mass is 10.0. The zero-order valence-corrected chi connectivity index (χ0v) is 18.5. The minimum Gasteiger partial charge on any atom is -0.486 e. The van der Waals surface area contributed by atoms with Gasteiger partial charge in [-0.05, 0) is 41.8 Å². The van der Waals surface area contributed by atoms with Crippen LogP contribution in [0.3, 0.4) is 0 Å². The maximum atomic E-state index is 15.0. The number of rotatable bonds is 6. The highest BCUT2D eigenvalue weighted by Crippen LogP contribution is 2.31. The van der Waals surface area contributed by atoms with Gasteiger partial charge in [0, 0.05) is 25.7 Å². The number of amides is 1. The van der Waals surface area contributed by atoms with E-state index in [9.17, 15) is 9.18 Å². The molecule has 5 rings (SSSR count). The standard InChI is InChI=1S/C25H24FN5O2/c1-16-13-30(14-16)22-11-10-21-28-23(25(32)27-2)24(31(21)29-22)18-8-9-20(19(26)12-18)33-15-17-6-4-3-5-7-17/h3-12,16H,13-15H2,1-2H3,(H,27,32). The van der Waals surface area contributed by atoms with Crippen molar-refractivity contribution in [2.45, 2.75) is 13.5 Å². The number of anilines is 1. The largest absolute Gasteiger partial charge is 0.486 e. The number of fused-ring (bicyclic) bond motifs is 1. The molecule has 1 saturated heterocycles. The molecular formula is C25H24FN5O2. The van der Waals surface area contributed by atoms with E-state index in [0.29, 0.717) is 22.8 Å². The Hall–Kier alpha value is -3.94. The van der Waals surface area contributed by atoms with Gasteiger partial charge in [0.15, 0.2) is 22.9 Å². The number of halogens is 1. The van der Waals surface area contributed by atoms with Crippen LogP contribution in [0, 0.1) is 11.7 Å². The lowest BCUT2D eigenvalue weighted by Gasteiger charge is -2.37. The lowest BCUT2D eigenvalue weighted by Crippen LogP contribution is -2.45. The van der Waals surface area contributed by atoms with Crippen molar-refractivity contribution in [3.8, 4) is 17.0 Å². The van der Waals surface area contributed by atoms with Crippen molar-refractivity contribution in [2.24, 2.45) is 5.92 Å². The number of carbonyl (C=O) groups excluding carboxylic acids is 1. The van der Waals surface area contributed by atoms with Gasteiger partial charge in [-0.2, -0.15) is 0 Å². The van der Waals surface area contributed by atoms with Crippen LogP contribution in [-0.4, -0.2) is 40.6 Å². The molecule has 0 atom stereocenters. The zero-order valence-electron chi connectivity index (χ0n) is 18.5. The van der Waals surface area contributed by atoms with Gasteiger partial charge < -0.3 is 15.0 Å². The molecule has 168 valence electrons. The Balaban J connectivity index is 1.52. The molecule has 0 aliphatic carbocycles. The van der Waals surface area contributed by atoms with Gasteiger partial charge in [-0.15, -0.1) is 5.10 Å². The molecule has 7 nitrogen and oxygen atoms in total. The van der Waals surface area contributed by atoms with Crippen LogP contribution in [0.4, 0.5) is 10.2 Å². The van der Waals surface area contributed by atoms with Gasteiger partial charge in [0.05, 0.1) is 0 Å². The summed E-state index contributed by atoms with van der Waals surface area (Å²) in [7, 11) is 1.54. The van der Waals surface area contributed by atoms with E-state index in [1.54, 1.807) is 16.6 Å². The lowest BCUT2D eigenvalue weighted by molar-refractivity contribution is 0.0959. The van der Waals surface area contributed by atoms with Gasteiger partial charge in [0.2, 0.25) is 0 Å². The summed E-state index contributed by atoms with van der Waals surface area (Å²) in [5.74, 6) is 0.671. The van der Waals surface area contributed by atoms with Gasteiger partial charge in [0.1, 0.15) is 18.1 Å². The van der Waals surface area contributed by atoms with Gasteiger partial charge in [-0.1, -0.05) is 37.3 Å². The highest BCUT2D eigenvalue weighted by Gasteiger charge is 2.26. The number of nitrogens with one attached hydrogen (secondary N) is 1. The average Bonchev–Trinajstić information content (AvgIpc) is 3.20. The van der Waals surface area contributed by atoms with E-state index in [0.717, 1.165) is 24.5 Å². The molecule has 0 radical (unpaired) electrons. The predicted molar refractivity (Wildman–Crippen MR) is 124 cm³/mol. The van der Waals surface area contributed by atoms with Crippen molar-refractivity contribution in [3.63, 3.8) is 0 Å². The van der Waals surface area contributed by atoms with Gasteiger partial charge in [-0.3, -0.25) is 4.79 Å². The second kappa shape index (κ2) is 8.54. The molecule has 1 fully saturated rings. The zero-order chi connectivity index (χ0) is 22.9. The van der Waals surface area contributed by atoms with Crippen LogP contribution < -0.4 is 15.0 Å². The Morgan fingerprint density at radius 1 is 1.15 bits per heavy atom. The summed E-state index contributed by atoms with van der Waals surface area (Å²) in [6.07, 6.45) is 0. The van der Waals surface area contributed by atoms with Crippen molar-refractivity contribution >= 4 is 17.4 Å². The van der Waals surface area contributed by atoms with Crippen molar-refractivity contribution in [1.82, 2.24) is 19.9 Å². The Labute approximate surface area is 190 Å². The molecule has 8 heteroatoms. The van der Waals surface area contributed by atoms with Crippen LogP contribution >= 0.6 is 0 Å². The second-order valence-corrected chi connectivity index (χ2v) is 8.28. The summed E-state index contributed by atoms with van der Waals surface area (Å²) in [6, 6.07) is 17.9. The summed E-state index contributed by atoms with van der Waals surface area (Å²) in [4.78, 5) is 19.2. The van der Waals surface area contributed by atoms with Crippen molar-refractivity contribution in [3.05, 3.63) is 77.7 Å². The van der Waals surface area contributed by atoms with Crippen molar-refractivity contribution < 1.29 is 13.9 Å². The first-order valence-corrected chi connectivity index (χ1v) is 10.9. The van der Waals surface area contributed by atoms with E-state index in [1.807, 2.05) is 42.5 Å². The maximum Gasteiger partial charge on any atom is 0.271 e. The average molecular weight is 445 g/mol. The SMILES string of the molecule is CNC(=O)c1nc2ccc(N3CC(C)C3)nn2c1-c1ccc(OCc2ccccc2)c(F)c1. The van der Waals surface area contributed by atoms with E-state index in [2.05, 4.69) is 22.1 Å². The molecule has 0 unspecified atom stereocenters. The predicted octanol–water partition coefficient (Wildman–Crippen LogP) is 3.93. The maximum absolute atomic E-state index is 15.0. The van der Waals surface area contributed by atoms with Crippen LogP contribution in [0.25, 0.3) is 16.9 Å². The minimum atomic E-state index is -0.519. The molecule has 0 bridgehead atoms. The van der Waals surface area contributed by atoms with E-state index in [1.165, 1.54) is 13.1 Å². The monoisotopic (exact) mass is 445 g/mol. The van der Waals surface area contributed by atoms with E-state index < -0.39 is 5.82 Å². The molecule has 1 amide bonds. The number of ether oxygens (including phenoxy) is 1. The third kappa shape index (κ3) is 4.00. The topological polar surface area (TPSA) is 71.8 Å². The van der Waals surface area contributed by atoms with Crippen LogP contribution in [-0.2, 0) is 6.61 Å². The summed E-state index contributed by atoms with van der Waals surface area (Å²) in [5.41, 5.74) is 2.59. The minimum absolute atomic E-state index is 0.140. The first-order chi connectivity index (χ1) is 16.0. The smallest absolute Gasteiger partial charge is 0.271 e.